The number of benzene rings is 1. The topological polar surface area (TPSA) is 71.7 Å². The quantitative estimate of drug-likeness (QED) is 0.859. The fourth-order valence-electron chi connectivity index (χ4n) is 2.53. The largest absolute Gasteiger partial charge is 0.466 e. The maximum atomic E-state index is 12.2. The van der Waals surface area contributed by atoms with Crippen molar-refractivity contribution in [1.82, 2.24) is 5.32 Å². The van der Waals surface area contributed by atoms with Crippen LogP contribution in [0.2, 0.25) is 0 Å². The van der Waals surface area contributed by atoms with Crippen molar-refractivity contribution in [2.75, 3.05) is 13.7 Å². The van der Waals surface area contributed by atoms with Gasteiger partial charge in [0, 0.05) is 18.2 Å². The number of furan rings is 1. The van der Waals surface area contributed by atoms with Crippen molar-refractivity contribution in [1.29, 1.82) is 0 Å². The third kappa shape index (κ3) is 4.21. The van der Waals surface area contributed by atoms with Crippen molar-refractivity contribution >= 4 is 5.91 Å². The predicted octanol–water partition coefficient (Wildman–Crippen LogP) is 2.68. The molecule has 2 N–H and O–H groups in total. The summed E-state index contributed by atoms with van der Waals surface area (Å²) >= 11 is 0. The van der Waals surface area contributed by atoms with Crippen LogP contribution in [0.5, 0.6) is 0 Å². The molecule has 2 rings (SSSR count). The third-order valence-electron chi connectivity index (χ3n) is 3.74. The van der Waals surface area contributed by atoms with E-state index in [-0.39, 0.29) is 12.5 Å². The Morgan fingerprint density at radius 3 is 2.48 bits per heavy atom. The lowest BCUT2D eigenvalue weighted by Gasteiger charge is -2.23. The van der Waals surface area contributed by atoms with Gasteiger partial charge in [-0.05, 0) is 44.5 Å². The number of hydrogen-bond donors (Lipinski definition) is 2. The highest BCUT2D eigenvalue weighted by Gasteiger charge is 2.28. The Morgan fingerprint density at radius 2 is 1.96 bits per heavy atom. The zero-order chi connectivity index (χ0) is 17.0. The molecule has 0 saturated heterocycles. The van der Waals surface area contributed by atoms with Crippen molar-refractivity contribution in [2.45, 2.75) is 33.0 Å². The van der Waals surface area contributed by atoms with E-state index in [1.807, 2.05) is 19.1 Å². The van der Waals surface area contributed by atoms with Crippen LogP contribution >= 0.6 is 0 Å². The predicted molar refractivity (Wildman–Crippen MR) is 87.2 cm³/mol. The summed E-state index contributed by atoms with van der Waals surface area (Å²) in [4.78, 5) is 12.2. The van der Waals surface area contributed by atoms with Crippen LogP contribution < -0.4 is 5.32 Å². The molecule has 0 fully saturated rings. The maximum absolute atomic E-state index is 12.2. The average Bonchev–Trinajstić information content (AvgIpc) is 2.85. The Labute approximate surface area is 136 Å². The van der Waals surface area contributed by atoms with Gasteiger partial charge in [0.15, 0.2) is 0 Å². The fourth-order valence-corrected chi connectivity index (χ4v) is 2.53. The Kier molecular flexibility index (Phi) is 5.23. The van der Waals surface area contributed by atoms with Crippen LogP contribution in [0.1, 0.15) is 39.9 Å². The smallest absolute Gasteiger partial charge is 0.251 e. The summed E-state index contributed by atoms with van der Waals surface area (Å²) in [5, 5.41) is 13.4. The highest BCUT2D eigenvalue weighted by molar-refractivity contribution is 5.94. The molecule has 0 radical (unpaired) electrons. The number of aliphatic hydroxyl groups is 1. The van der Waals surface area contributed by atoms with E-state index in [0.717, 1.165) is 11.3 Å². The lowest BCUT2D eigenvalue weighted by atomic mass is 9.96. The van der Waals surface area contributed by atoms with Crippen LogP contribution in [-0.4, -0.2) is 24.7 Å². The zero-order valence-corrected chi connectivity index (χ0v) is 14.0. The number of ether oxygens (including phenoxy) is 1. The van der Waals surface area contributed by atoms with Gasteiger partial charge in [0.1, 0.15) is 17.1 Å². The first kappa shape index (κ1) is 17.2. The molecule has 0 aliphatic heterocycles. The molecule has 0 spiro atoms. The first-order valence-corrected chi connectivity index (χ1v) is 7.49. The number of amides is 1. The van der Waals surface area contributed by atoms with Crippen LogP contribution in [0.3, 0.4) is 0 Å². The monoisotopic (exact) mass is 317 g/mol. The van der Waals surface area contributed by atoms with Crippen molar-refractivity contribution in [3.63, 3.8) is 0 Å². The molecule has 0 aliphatic carbocycles. The van der Waals surface area contributed by atoms with Crippen molar-refractivity contribution < 1.29 is 19.1 Å². The molecule has 2 aromatic rings. The number of aryl methyl sites for hydroxylation is 2. The van der Waals surface area contributed by atoms with Gasteiger partial charge in [-0.1, -0.05) is 12.1 Å². The van der Waals surface area contributed by atoms with Gasteiger partial charge in [-0.3, -0.25) is 4.79 Å². The molecule has 23 heavy (non-hydrogen) atoms. The summed E-state index contributed by atoms with van der Waals surface area (Å²) in [6.07, 6.45) is 0. The SMILES string of the molecule is COCc1ccc(C(=O)NCC(C)(O)c2cc(C)oc2C)cc1. The molecule has 1 aromatic heterocycles. The number of carbonyl (C=O) groups excluding carboxylic acids is 1. The summed E-state index contributed by atoms with van der Waals surface area (Å²) in [5.74, 6) is 1.16. The number of nitrogens with one attached hydrogen (secondary N) is 1. The lowest BCUT2D eigenvalue weighted by molar-refractivity contribution is 0.0514. The summed E-state index contributed by atoms with van der Waals surface area (Å²) in [5.41, 5.74) is 1.04. The molecule has 124 valence electrons. The van der Waals surface area contributed by atoms with E-state index in [1.165, 1.54) is 0 Å². The normalized spacial score (nSPS) is 13.6. The number of carbonyl (C=O) groups is 1. The van der Waals surface area contributed by atoms with Crippen molar-refractivity contribution in [3.8, 4) is 0 Å². The number of hydrogen-bond acceptors (Lipinski definition) is 4. The molecular weight excluding hydrogens is 294 g/mol. The molecular formula is C18H23NO4. The molecule has 0 aliphatic rings. The first-order valence-electron chi connectivity index (χ1n) is 7.49. The van der Waals surface area contributed by atoms with Crippen LogP contribution in [-0.2, 0) is 16.9 Å². The Hall–Kier alpha value is -2.11. The summed E-state index contributed by atoms with van der Waals surface area (Å²) in [7, 11) is 1.63. The second-order valence-electron chi connectivity index (χ2n) is 5.91. The van der Waals surface area contributed by atoms with E-state index in [0.29, 0.717) is 23.5 Å². The molecule has 5 nitrogen and oxygen atoms in total. The molecule has 1 unspecified atom stereocenters. The molecule has 5 heteroatoms. The van der Waals surface area contributed by atoms with Gasteiger partial charge in [-0.2, -0.15) is 0 Å². The van der Waals surface area contributed by atoms with Gasteiger partial charge in [0.05, 0.1) is 13.2 Å². The van der Waals surface area contributed by atoms with E-state index in [2.05, 4.69) is 5.32 Å². The van der Waals surface area contributed by atoms with Crippen LogP contribution in [0.4, 0.5) is 0 Å². The third-order valence-corrected chi connectivity index (χ3v) is 3.74. The number of methoxy groups -OCH3 is 1. The van der Waals surface area contributed by atoms with E-state index in [4.69, 9.17) is 9.15 Å². The molecule has 0 saturated carbocycles. The van der Waals surface area contributed by atoms with Crippen LogP contribution in [0.15, 0.2) is 34.7 Å². The van der Waals surface area contributed by atoms with Gasteiger partial charge < -0.3 is 19.6 Å². The number of rotatable bonds is 6. The average molecular weight is 317 g/mol. The van der Waals surface area contributed by atoms with Gasteiger partial charge in [0.2, 0.25) is 0 Å². The summed E-state index contributed by atoms with van der Waals surface area (Å²) in [6, 6.07) is 8.97. The molecule has 0 bridgehead atoms. The van der Waals surface area contributed by atoms with Gasteiger partial charge in [0.25, 0.3) is 5.91 Å². The van der Waals surface area contributed by atoms with Crippen LogP contribution in [0.25, 0.3) is 0 Å². The Balaban J connectivity index is 2.01. The molecule has 1 atom stereocenters. The summed E-state index contributed by atoms with van der Waals surface area (Å²) < 4.78 is 10.5. The van der Waals surface area contributed by atoms with E-state index < -0.39 is 5.60 Å². The highest BCUT2D eigenvalue weighted by atomic mass is 16.5. The fraction of sp³-hybridized carbons (Fsp3) is 0.389. The minimum Gasteiger partial charge on any atom is -0.466 e. The highest BCUT2D eigenvalue weighted by Crippen LogP contribution is 2.26. The van der Waals surface area contributed by atoms with Crippen molar-refractivity contribution in [2.24, 2.45) is 0 Å². The maximum Gasteiger partial charge on any atom is 0.251 e. The second-order valence-corrected chi connectivity index (χ2v) is 5.91. The second kappa shape index (κ2) is 6.98. The zero-order valence-electron chi connectivity index (χ0n) is 14.0. The van der Waals surface area contributed by atoms with E-state index in [1.54, 1.807) is 39.2 Å². The molecule has 1 amide bonds. The van der Waals surface area contributed by atoms with E-state index >= 15 is 0 Å². The van der Waals surface area contributed by atoms with Gasteiger partial charge in [-0.15, -0.1) is 0 Å². The van der Waals surface area contributed by atoms with Crippen molar-refractivity contribution in [3.05, 3.63) is 58.5 Å². The van der Waals surface area contributed by atoms with Gasteiger partial charge in [-0.25, -0.2) is 0 Å². The van der Waals surface area contributed by atoms with E-state index in [9.17, 15) is 9.90 Å². The van der Waals surface area contributed by atoms with Crippen LogP contribution in [0, 0.1) is 13.8 Å². The molecule has 1 heterocycles. The minimum atomic E-state index is -1.19. The standard InChI is InChI=1S/C18H23NO4/c1-12-9-16(13(2)23-12)18(3,21)11-19-17(20)15-7-5-14(6-8-15)10-22-4/h5-9,21H,10-11H2,1-4H3,(H,19,20). The lowest BCUT2D eigenvalue weighted by Crippen LogP contribution is -2.38. The summed E-state index contributed by atoms with van der Waals surface area (Å²) in [6.45, 7) is 5.90. The Morgan fingerprint density at radius 1 is 1.30 bits per heavy atom. The minimum absolute atomic E-state index is 0.103. The first-order chi connectivity index (χ1) is 10.8. The molecule has 1 aromatic carbocycles. The van der Waals surface area contributed by atoms with Gasteiger partial charge >= 0.3 is 0 Å². The Bertz CT molecular complexity index is 671.